The normalized spacial score (nSPS) is 11.9. The molecule has 1 aromatic rings. The second kappa shape index (κ2) is 7.25. The lowest BCUT2D eigenvalue weighted by Gasteiger charge is -2.14. The van der Waals surface area contributed by atoms with Crippen LogP contribution in [-0.2, 0) is 4.79 Å². The van der Waals surface area contributed by atoms with Crippen molar-refractivity contribution in [1.82, 2.24) is 5.32 Å². The van der Waals surface area contributed by atoms with Crippen LogP contribution in [0.3, 0.4) is 0 Å². The smallest absolute Gasteiger partial charge is 0.326 e. The van der Waals surface area contributed by atoms with Crippen molar-refractivity contribution >= 4 is 35.2 Å². The van der Waals surface area contributed by atoms with Gasteiger partial charge in [0, 0.05) is 0 Å². The molecule has 1 rings (SSSR count). The highest BCUT2D eigenvalue weighted by Crippen LogP contribution is 2.21. The zero-order valence-corrected chi connectivity index (χ0v) is 11.8. The minimum absolute atomic E-state index is 0.0528. The maximum Gasteiger partial charge on any atom is 0.326 e. The third-order valence-corrected chi connectivity index (χ3v) is 3.38. The Morgan fingerprint density at radius 2 is 2.16 bits per heavy atom. The lowest BCUT2D eigenvalue weighted by atomic mass is 10.1. The first kappa shape index (κ1) is 15.7. The van der Waals surface area contributed by atoms with Crippen LogP contribution in [0.1, 0.15) is 16.8 Å². The van der Waals surface area contributed by atoms with E-state index in [1.54, 1.807) is 0 Å². The number of nitrogens with one attached hydrogen (secondary N) is 1. The number of thioether (sulfide) groups is 1. The van der Waals surface area contributed by atoms with Gasteiger partial charge in [0.15, 0.2) is 0 Å². The third-order valence-electron chi connectivity index (χ3n) is 2.41. The first-order chi connectivity index (χ1) is 8.95. The van der Waals surface area contributed by atoms with Crippen LogP contribution in [0.15, 0.2) is 18.2 Å². The van der Waals surface area contributed by atoms with Crippen molar-refractivity contribution in [3.05, 3.63) is 28.8 Å². The average molecular weight is 304 g/mol. The van der Waals surface area contributed by atoms with Crippen LogP contribution in [0.5, 0.6) is 5.75 Å². The van der Waals surface area contributed by atoms with Gasteiger partial charge in [0.05, 0.1) is 10.6 Å². The number of carboxylic acids is 1. The van der Waals surface area contributed by atoms with Crippen molar-refractivity contribution in [3.63, 3.8) is 0 Å². The molecule has 0 aliphatic rings. The van der Waals surface area contributed by atoms with Crippen LogP contribution in [0.2, 0.25) is 5.02 Å². The summed E-state index contributed by atoms with van der Waals surface area (Å²) in [6.07, 6.45) is 2.17. The third kappa shape index (κ3) is 4.65. The van der Waals surface area contributed by atoms with Gasteiger partial charge < -0.3 is 15.5 Å². The van der Waals surface area contributed by atoms with Crippen molar-refractivity contribution in [2.24, 2.45) is 0 Å². The Morgan fingerprint density at radius 3 is 2.74 bits per heavy atom. The molecule has 1 amide bonds. The maximum absolute atomic E-state index is 11.9. The number of aliphatic carboxylic acids is 1. The number of halogens is 1. The number of phenolic OH excluding ortho intramolecular Hbond substituents is 1. The summed E-state index contributed by atoms with van der Waals surface area (Å²) in [4.78, 5) is 22.9. The van der Waals surface area contributed by atoms with Crippen LogP contribution in [0.4, 0.5) is 0 Å². The van der Waals surface area contributed by atoms with Crippen LogP contribution in [0.25, 0.3) is 0 Å². The predicted molar refractivity (Wildman–Crippen MR) is 75.0 cm³/mol. The molecular weight excluding hydrogens is 290 g/mol. The van der Waals surface area contributed by atoms with E-state index in [1.165, 1.54) is 30.0 Å². The Kier molecular flexibility index (Phi) is 5.98. The summed E-state index contributed by atoms with van der Waals surface area (Å²) >= 11 is 7.33. The van der Waals surface area contributed by atoms with E-state index in [2.05, 4.69) is 5.32 Å². The van der Waals surface area contributed by atoms with Crippen molar-refractivity contribution in [1.29, 1.82) is 0 Å². The molecule has 7 heteroatoms. The van der Waals surface area contributed by atoms with Crippen molar-refractivity contribution in [2.75, 3.05) is 12.0 Å². The lowest BCUT2D eigenvalue weighted by Crippen LogP contribution is -2.41. The van der Waals surface area contributed by atoms with E-state index in [0.717, 1.165) is 0 Å². The molecule has 0 spiro atoms. The molecule has 0 bridgehead atoms. The molecule has 0 aliphatic carbocycles. The topological polar surface area (TPSA) is 86.6 Å². The minimum atomic E-state index is -1.10. The van der Waals surface area contributed by atoms with Crippen LogP contribution < -0.4 is 5.32 Å². The summed E-state index contributed by atoms with van der Waals surface area (Å²) in [5, 5.41) is 20.9. The molecule has 0 heterocycles. The van der Waals surface area contributed by atoms with E-state index in [1.807, 2.05) is 6.26 Å². The fourth-order valence-corrected chi connectivity index (χ4v) is 2.09. The van der Waals surface area contributed by atoms with Gasteiger partial charge in [-0.15, -0.1) is 0 Å². The van der Waals surface area contributed by atoms with E-state index in [-0.39, 0.29) is 16.3 Å². The molecule has 5 nitrogen and oxygen atoms in total. The monoisotopic (exact) mass is 303 g/mol. The predicted octanol–water partition coefficient (Wildman–Crippen LogP) is 1.98. The van der Waals surface area contributed by atoms with Gasteiger partial charge in [-0.05, 0) is 36.6 Å². The first-order valence-corrected chi connectivity index (χ1v) is 7.24. The molecule has 1 aromatic carbocycles. The number of hydrogen-bond donors (Lipinski definition) is 3. The molecule has 19 heavy (non-hydrogen) atoms. The molecule has 0 fully saturated rings. The van der Waals surface area contributed by atoms with Gasteiger partial charge in [-0.1, -0.05) is 11.6 Å². The van der Waals surface area contributed by atoms with Gasteiger partial charge >= 0.3 is 5.97 Å². The summed E-state index contributed by atoms with van der Waals surface area (Å²) in [7, 11) is 0. The summed E-state index contributed by atoms with van der Waals surface area (Å²) in [6.45, 7) is 0. The van der Waals surface area contributed by atoms with Gasteiger partial charge in [0.1, 0.15) is 11.8 Å². The van der Waals surface area contributed by atoms with Gasteiger partial charge in [-0.25, -0.2) is 4.79 Å². The Morgan fingerprint density at radius 1 is 1.47 bits per heavy atom. The number of aromatic hydroxyl groups is 1. The Bertz CT molecular complexity index is 481. The van der Waals surface area contributed by atoms with Crippen LogP contribution in [-0.4, -0.2) is 40.1 Å². The molecule has 1 unspecified atom stereocenters. The second-order valence-electron chi connectivity index (χ2n) is 3.81. The van der Waals surface area contributed by atoms with E-state index in [9.17, 15) is 14.7 Å². The fourth-order valence-electron chi connectivity index (χ4n) is 1.42. The standard InChI is InChI=1S/C12H14ClNO4S/c1-19-5-4-10(12(17)18)14-11(16)8-6-7(15)2-3-9(8)13/h2-3,6,10,15H,4-5H2,1H3,(H,14,16)(H,17,18). The lowest BCUT2D eigenvalue weighted by molar-refractivity contribution is -0.139. The molecule has 0 saturated carbocycles. The maximum atomic E-state index is 11.9. The molecule has 3 N–H and O–H groups in total. The van der Waals surface area contributed by atoms with Crippen molar-refractivity contribution in [2.45, 2.75) is 12.5 Å². The van der Waals surface area contributed by atoms with Gasteiger partial charge in [0.2, 0.25) is 0 Å². The average Bonchev–Trinajstić information content (AvgIpc) is 2.36. The zero-order valence-electron chi connectivity index (χ0n) is 10.2. The van der Waals surface area contributed by atoms with Gasteiger partial charge in [-0.3, -0.25) is 4.79 Å². The first-order valence-electron chi connectivity index (χ1n) is 5.46. The number of carbonyl (C=O) groups is 2. The molecule has 0 aromatic heterocycles. The number of rotatable bonds is 6. The summed E-state index contributed by atoms with van der Waals surface area (Å²) in [6, 6.07) is 2.95. The van der Waals surface area contributed by atoms with E-state index in [0.29, 0.717) is 12.2 Å². The minimum Gasteiger partial charge on any atom is -0.508 e. The Hall–Kier alpha value is -1.40. The SMILES string of the molecule is CSCCC(NC(=O)c1cc(O)ccc1Cl)C(=O)O. The summed E-state index contributed by atoms with van der Waals surface area (Å²) in [5.41, 5.74) is 0.0528. The number of carbonyl (C=O) groups excluding carboxylic acids is 1. The van der Waals surface area contributed by atoms with E-state index < -0.39 is 17.9 Å². The highest BCUT2D eigenvalue weighted by molar-refractivity contribution is 7.98. The number of benzene rings is 1. The number of phenols is 1. The van der Waals surface area contributed by atoms with Crippen LogP contribution in [0, 0.1) is 0 Å². The van der Waals surface area contributed by atoms with Crippen LogP contribution >= 0.6 is 23.4 Å². The molecule has 0 radical (unpaired) electrons. The quantitative estimate of drug-likeness (QED) is 0.748. The fraction of sp³-hybridized carbons (Fsp3) is 0.333. The highest BCUT2D eigenvalue weighted by Gasteiger charge is 2.21. The van der Waals surface area contributed by atoms with Crippen molar-refractivity contribution < 1.29 is 19.8 Å². The summed E-state index contributed by atoms with van der Waals surface area (Å²) < 4.78 is 0. The molecule has 0 saturated heterocycles. The number of hydrogen-bond acceptors (Lipinski definition) is 4. The molecule has 1 atom stereocenters. The highest BCUT2D eigenvalue weighted by atomic mass is 35.5. The Labute approximate surface area is 120 Å². The number of amides is 1. The number of carboxylic acid groups (broad SMARTS) is 1. The molecular formula is C12H14ClNO4S. The van der Waals surface area contributed by atoms with Crippen molar-refractivity contribution in [3.8, 4) is 5.75 Å². The van der Waals surface area contributed by atoms with E-state index >= 15 is 0 Å². The van der Waals surface area contributed by atoms with Gasteiger partial charge in [0.25, 0.3) is 5.91 Å². The Balaban J connectivity index is 2.81. The zero-order chi connectivity index (χ0) is 14.4. The van der Waals surface area contributed by atoms with E-state index in [4.69, 9.17) is 16.7 Å². The van der Waals surface area contributed by atoms with Gasteiger partial charge in [-0.2, -0.15) is 11.8 Å². The summed E-state index contributed by atoms with van der Waals surface area (Å²) in [5.74, 6) is -1.20. The second-order valence-corrected chi connectivity index (χ2v) is 5.20. The molecule has 104 valence electrons. The molecule has 0 aliphatic heterocycles. The largest absolute Gasteiger partial charge is 0.508 e.